The summed E-state index contributed by atoms with van der Waals surface area (Å²) in [7, 11) is 0. The second-order valence-corrected chi connectivity index (χ2v) is 5.10. The Bertz CT molecular complexity index is 602. The highest BCUT2D eigenvalue weighted by molar-refractivity contribution is 7.14. The first-order chi connectivity index (χ1) is 8.85. The van der Waals surface area contributed by atoms with E-state index in [2.05, 4.69) is 4.74 Å². The van der Waals surface area contributed by atoms with Gasteiger partial charge in [-0.15, -0.1) is 24.5 Å². The van der Waals surface area contributed by atoms with Gasteiger partial charge in [-0.25, -0.2) is 0 Å². The molecule has 2 nitrogen and oxygen atoms in total. The Morgan fingerprint density at radius 3 is 2.53 bits per heavy atom. The number of halogens is 3. The minimum absolute atomic E-state index is 0.170. The van der Waals surface area contributed by atoms with Crippen LogP contribution in [-0.4, -0.2) is 12.1 Å². The molecule has 1 aromatic heterocycles. The van der Waals surface area contributed by atoms with E-state index in [4.69, 9.17) is 0 Å². The molecule has 1 aromatic carbocycles. The van der Waals surface area contributed by atoms with Crippen LogP contribution in [0, 0.1) is 6.92 Å². The Labute approximate surface area is 111 Å². The highest BCUT2D eigenvalue weighted by Gasteiger charge is 2.31. The molecule has 0 atom stereocenters. The number of benzene rings is 1. The maximum Gasteiger partial charge on any atom is 0.573 e. The Morgan fingerprint density at radius 1 is 1.21 bits per heavy atom. The first kappa shape index (κ1) is 13.6. The molecule has 0 spiro atoms. The van der Waals surface area contributed by atoms with E-state index in [1.807, 2.05) is 6.92 Å². The molecule has 0 aliphatic rings. The van der Waals surface area contributed by atoms with Gasteiger partial charge in [-0.05, 0) is 31.2 Å². The molecule has 0 amide bonds. The summed E-state index contributed by atoms with van der Waals surface area (Å²) in [6.07, 6.45) is -4.76. The molecule has 0 aliphatic heterocycles. The van der Waals surface area contributed by atoms with Gasteiger partial charge in [0.1, 0.15) is 5.75 Å². The number of hydrogen-bond donors (Lipinski definition) is 0. The number of alkyl halides is 3. The fourth-order valence-corrected chi connectivity index (χ4v) is 2.36. The van der Waals surface area contributed by atoms with E-state index in [0.29, 0.717) is 4.88 Å². The van der Waals surface area contributed by atoms with Crippen molar-refractivity contribution in [3.05, 3.63) is 51.7 Å². The first-order valence-electron chi connectivity index (χ1n) is 5.32. The number of aryl methyl sites for hydroxylation is 1. The van der Waals surface area contributed by atoms with E-state index >= 15 is 0 Å². The van der Waals surface area contributed by atoms with E-state index in [1.54, 1.807) is 12.1 Å². The van der Waals surface area contributed by atoms with Gasteiger partial charge in [0.2, 0.25) is 5.78 Å². The number of ketones is 1. The number of carbonyl (C=O) groups excluding carboxylic acids is 1. The van der Waals surface area contributed by atoms with Gasteiger partial charge in [0.15, 0.2) is 0 Å². The van der Waals surface area contributed by atoms with Crippen molar-refractivity contribution in [3.63, 3.8) is 0 Å². The maximum absolute atomic E-state index is 12.1. The number of carbonyl (C=O) groups is 1. The predicted molar refractivity (Wildman–Crippen MR) is 65.6 cm³/mol. The average molecular weight is 286 g/mol. The number of hydrogen-bond acceptors (Lipinski definition) is 3. The van der Waals surface area contributed by atoms with Crippen molar-refractivity contribution in [3.8, 4) is 5.75 Å². The summed E-state index contributed by atoms with van der Waals surface area (Å²) in [6, 6.07) is 8.50. The first-order valence-corrected chi connectivity index (χ1v) is 6.14. The number of rotatable bonds is 3. The summed E-state index contributed by atoms with van der Waals surface area (Å²) < 4.78 is 40.1. The smallest absolute Gasteiger partial charge is 0.406 e. The fourth-order valence-electron chi connectivity index (χ4n) is 1.53. The molecule has 0 unspecified atom stereocenters. The number of thiophene rings is 1. The second-order valence-electron chi connectivity index (χ2n) is 3.82. The lowest BCUT2D eigenvalue weighted by Gasteiger charge is -2.09. The van der Waals surface area contributed by atoms with Crippen LogP contribution in [0.15, 0.2) is 36.4 Å². The second kappa shape index (κ2) is 5.05. The molecule has 0 radical (unpaired) electrons. The zero-order valence-electron chi connectivity index (χ0n) is 9.82. The third-order valence-electron chi connectivity index (χ3n) is 2.29. The van der Waals surface area contributed by atoms with Crippen molar-refractivity contribution in [2.75, 3.05) is 0 Å². The van der Waals surface area contributed by atoms with Crippen LogP contribution in [0.1, 0.15) is 20.1 Å². The average Bonchev–Trinajstić information content (AvgIpc) is 2.73. The molecular formula is C13H9F3O2S. The lowest BCUT2D eigenvalue weighted by Crippen LogP contribution is -2.17. The van der Waals surface area contributed by atoms with Crippen LogP contribution in [0.2, 0.25) is 0 Å². The summed E-state index contributed by atoms with van der Waals surface area (Å²) in [4.78, 5) is 13.5. The number of ether oxygens (including phenoxy) is 1. The molecule has 2 aromatic rings. The predicted octanol–water partition coefficient (Wildman–Crippen LogP) is 4.19. The standard InChI is InChI=1S/C13H9F3O2S/c1-8-5-6-11(19-8)12(17)9-3-2-4-10(7-9)18-13(14,15)16/h2-7H,1H3. The van der Waals surface area contributed by atoms with Gasteiger partial charge in [-0.3, -0.25) is 4.79 Å². The highest BCUT2D eigenvalue weighted by Crippen LogP contribution is 2.25. The van der Waals surface area contributed by atoms with Gasteiger partial charge in [-0.2, -0.15) is 0 Å². The van der Waals surface area contributed by atoms with Crippen molar-refractivity contribution in [1.29, 1.82) is 0 Å². The van der Waals surface area contributed by atoms with Crippen molar-refractivity contribution >= 4 is 17.1 Å². The fraction of sp³-hybridized carbons (Fsp3) is 0.154. The Kier molecular flexibility index (Phi) is 3.61. The van der Waals surface area contributed by atoms with Gasteiger partial charge in [0.25, 0.3) is 0 Å². The maximum atomic E-state index is 12.1. The third-order valence-corrected chi connectivity index (χ3v) is 3.29. The normalized spacial score (nSPS) is 11.4. The summed E-state index contributed by atoms with van der Waals surface area (Å²) in [5, 5.41) is 0. The highest BCUT2D eigenvalue weighted by atomic mass is 32.1. The van der Waals surface area contributed by atoms with E-state index in [9.17, 15) is 18.0 Å². The van der Waals surface area contributed by atoms with E-state index < -0.39 is 12.1 Å². The van der Waals surface area contributed by atoms with Crippen LogP contribution in [0.3, 0.4) is 0 Å². The lowest BCUT2D eigenvalue weighted by atomic mass is 10.1. The van der Waals surface area contributed by atoms with Gasteiger partial charge < -0.3 is 4.74 Å². The molecule has 0 aliphatic carbocycles. The van der Waals surface area contributed by atoms with Crippen molar-refractivity contribution in [2.45, 2.75) is 13.3 Å². The van der Waals surface area contributed by atoms with Gasteiger partial charge in [0.05, 0.1) is 4.88 Å². The zero-order chi connectivity index (χ0) is 14.0. The van der Waals surface area contributed by atoms with Crippen molar-refractivity contribution < 1.29 is 22.7 Å². The Hall–Kier alpha value is -1.82. The quantitative estimate of drug-likeness (QED) is 0.791. The molecule has 6 heteroatoms. The topological polar surface area (TPSA) is 26.3 Å². The largest absolute Gasteiger partial charge is 0.573 e. The van der Waals surface area contributed by atoms with Crippen LogP contribution in [-0.2, 0) is 0 Å². The monoisotopic (exact) mass is 286 g/mol. The molecule has 0 bridgehead atoms. The van der Waals surface area contributed by atoms with Crippen molar-refractivity contribution in [2.24, 2.45) is 0 Å². The minimum atomic E-state index is -4.76. The molecule has 100 valence electrons. The summed E-state index contributed by atoms with van der Waals surface area (Å²) >= 11 is 1.30. The van der Waals surface area contributed by atoms with Gasteiger partial charge in [-0.1, -0.05) is 12.1 Å². The Morgan fingerprint density at radius 2 is 1.95 bits per heavy atom. The van der Waals surface area contributed by atoms with Gasteiger partial charge in [0, 0.05) is 10.4 Å². The third kappa shape index (κ3) is 3.57. The molecule has 19 heavy (non-hydrogen) atoms. The lowest BCUT2D eigenvalue weighted by molar-refractivity contribution is -0.274. The molecule has 0 saturated carbocycles. The molecule has 1 heterocycles. The summed E-state index contributed by atoms with van der Waals surface area (Å²) in [6.45, 7) is 1.85. The van der Waals surface area contributed by atoms with Crippen molar-refractivity contribution in [1.82, 2.24) is 0 Å². The van der Waals surface area contributed by atoms with Crippen LogP contribution in [0.25, 0.3) is 0 Å². The summed E-state index contributed by atoms with van der Waals surface area (Å²) in [5.41, 5.74) is 0.170. The molecule has 0 N–H and O–H groups in total. The van der Waals surface area contributed by atoms with E-state index in [-0.39, 0.29) is 11.3 Å². The van der Waals surface area contributed by atoms with Crippen LogP contribution < -0.4 is 4.74 Å². The summed E-state index contributed by atoms with van der Waals surface area (Å²) in [5.74, 6) is -0.711. The Balaban J connectivity index is 2.26. The van der Waals surface area contributed by atoms with Gasteiger partial charge >= 0.3 is 6.36 Å². The zero-order valence-corrected chi connectivity index (χ0v) is 10.6. The van der Waals surface area contributed by atoms with E-state index in [1.165, 1.54) is 23.5 Å². The molecule has 0 saturated heterocycles. The molecular weight excluding hydrogens is 277 g/mol. The molecule has 0 fully saturated rings. The minimum Gasteiger partial charge on any atom is -0.406 e. The van der Waals surface area contributed by atoms with Crippen LogP contribution in [0.5, 0.6) is 5.75 Å². The van der Waals surface area contributed by atoms with Crippen LogP contribution in [0.4, 0.5) is 13.2 Å². The van der Waals surface area contributed by atoms with Crippen LogP contribution >= 0.6 is 11.3 Å². The SMILES string of the molecule is Cc1ccc(C(=O)c2cccc(OC(F)(F)F)c2)s1. The molecule has 2 rings (SSSR count). The van der Waals surface area contributed by atoms with E-state index in [0.717, 1.165) is 17.0 Å².